The number of nitrogens with one attached hydrogen (secondary N) is 2. The number of hydrogen-bond acceptors (Lipinski definition) is 4. The summed E-state index contributed by atoms with van der Waals surface area (Å²) in [6, 6.07) is 7.25. The molecule has 128 valence electrons. The Labute approximate surface area is 137 Å². The molecule has 0 saturated heterocycles. The van der Waals surface area contributed by atoms with Crippen LogP contribution in [0.15, 0.2) is 36.5 Å². The van der Waals surface area contributed by atoms with E-state index in [0.29, 0.717) is 24.2 Å². The van der Waals surface area contributed by atoms with Crippen LogP contribution in [0, 0.1) is 0 Å². The largest absolute Gasteiger partial charge is 0.419 e. The maximum absolute atomic E-state index is 12.9. The van der Waals surface area contributed by atoms with Gasteiger partial charge in [0.25, 0.3) is 5.91 Å². The number of anilines is 1. The molecule has 1 aromatic heterocycles. The number of aromatic nitrogens is 1. The number of carbonyl (C=O) groups is 1. The standard InChI is InChI=1S/C16H17F3N4O/c1-21-5-6-22-15(24)11-4-2-3-10(7-11)12-8-13(16(17,18)19)14(20)23-9-12/h2-4,7-9,21H,5-6H2,1H3,(H2,20,23)(H,22,24). The quantitative estimate of drug-likeness (QED) is 0.731. The van der Waals surface area contributed by atoms with Crippen LogP contribution in [0.5, 0.6) is 0 Å². The molecule has 0 spiro atoms. The van der Waals surface area contributed by atoms with Gasteiger partial charge in [-0.1, -0.05) is 12.1 Å². The number of carbonyl (C=O) groups excluding carboxylic acids is 1. The molecule has 0 aliphatic heterocycles. The summed E-state index contributed by atoms with van der Waals surface area (Å²) >= 11 is 0. The normalized spacial score (nSPS) is 11.3. The van der Waals surface area contributed by atoms with Crippen molar-refractivity contribution in [1.29, 1.82) is 0 Å². The Morgan fingerprint density at radius 3 is 2.62 bits per heavy atom. The van der Waals surface area contributed by atoms with Gasteiger partial charge in [0.15, 0.2) is 0 Å². The summed E-state index contributed by atoms with van der Waals surface area (Å²) < 4.78 is 38.8. The Balaban J connectivity index is 2.30. The molecule has 24 heavy (non-hydrogen) atoms. The van der Waals surface area contributed by atoms with E-state index in [-0.39, 0.29) is 11.5 Å². The fraction of sp³-hybridized carbons (Fsp3) is 0.250. The van der Waals surface area contributed by atoms with Crippen molar-refractivity contribution in [3.8, 4) is 11.1 Å². The lowest BCUT2D eigenvalue weighted by Gasteiger charge is -2.12. The first kappa shape index (κ1) is 17.7. The van der Waals surface area contributed by atoms with E-state index < -0.39 is 17.6 Å². The van der Waals surface area contributed by atoms with E-state index in [1.54, 1.807) is 25.2 Å². The second-order valence-electron chi connectivity index (χ2n) is 5.09. The highest BCUT2D eigenvalue weighted by Gasteiger charge is 2.34. The fourth-order valence-corrected chi connectivity index (χ4v) is 2.10. The summed E-state index contributed by atoms with van der Waals surface area (Å²) in [7, 11) is 1.76. The zero-order chi connectivity index (χ0) is 17.7. The van der Waals surface area contributed by atoms with E-state index in [0.717, 1.165) is 6.07 Å². The van der Waals surface area contributed by atoms with Crippen molar-refractivity contribution >= 4 is 11.7 Å². The number of hydrogen-bond donors (Lipinski definition) is 3. The highest BCUT2D eigenvalue weighted by molar-refractivity contribution is 5.95. The first-order chi connectivity index (χ1) is 11.3. The van der Waals surface area contributed by atoms with Crippen LogP contribution in [-0.2, 0) is 6.18 Å². The highest BCUT2D eigenvalue weighted by atomic mass is 19.4. The van der Waals surface area contributed by atoms with Gasteiger partial charge >= 0.3 is 6.18 Å². The molecule has 1 heterocycles. The number of rotatable bonds is 5. The predicted molar refractivity (Wildman–Crippen MR) is 85.3 cm³/mol. The number of pyridine rings is 1. The van der Waals surface area contributed by atoms with Gasteiger partial charge in [-0.25, -0.2) is 4.98 Å². The zero-order valence-corrected chi connectivity index (χ0v) is 12.9. The van der Waals surface area contributed by atoms with Crippen LogP contribution in [0.4, 0.5) is 19.0 Å². The van der Waals surface area contributed by atoms with Gasteiger partial charge in [-0.15, -0.1) is 0 Å². The molecule has 0 unspecified atom stereocenters. The lowest BCUT2D eigenvalue weighted by molar-refractivity contribution is -0.137. The van der Waals surface area contributed by atoms with Crippen molar-refractivity contribution in [3.05, 3.63) is 47.7 Å². The molecule has 1 aromatic carbocycles. The van der Waals surface area contributed by atoms with Crippen molar-refractivity contribution in [2.45, 2.75) is 6.18 Å². The molecule has 0 saturated carbocycles. The molecule has 0 atom stereocenters. The molecular weight excluding hydrogens is 321 g/mol. The monoisotopic (exact) mass is 338 g/mol. The van der Waals surface area contributed by atoms with Crippen molar-refractivity contribution in [2.75, 3.05) is 25.9 Å². The molecule has 0 bridgehead atoms. The number of nitrogens with zero attached hydrogens (tertiary/aromatic N) is 1. The maximum Gasteiger partial charge on any atom is 0.419 e. The molecule has 0 aliphatic carbocycles. The minimum atomic E-state index is -4.59. The number of alkyl halides is 3. The van der Waals surface area contributed by atoms with E-state index in [9.17, 15) is 18.0 Å². The number of amides is 1. The Hall–Kier alpha value is -2.61. The number of halogens is 3. The van der Waals surface area contributed by atoms with Gasteiger partial charge in [-0.05, 0) is 30.8 Å². The van der Waals surface area contributed by atoms with Gasteiger partial charge in [0.05, 0.1) is 5.56 Å². The van der Waals surface area contributed by atoms with Crippen molar-refractivity contribution in [2.24, 2.45) is 0 Å². The van der Waals surface area contributed by atoms with Crippen LogP contribution in [0.1, 0.15) is 15.9 Å². The average molecular weight is 338 g/mol. The summed E-state index contributed by atoms with van der Waals surface area (Å²) in [6.45, 7) is 1.06. The minimum Gasteiger partial charge on any atom is -0.383 e. The molecule has 8 heteroatoms. The molecule has 0 fully saturated rings. The lowest BCUT2D eigenvalue weighted by atomic mass is 10.0. The lowest BCUT2D eigenvalue weighted by Crippen LogP contribution is -2.30. The van der Waals surface area contributed by atoms with E-state index in [4.69, 9.17) is 5.73 Å². The summed E-state index contributed by atoms with van der Waals surface area (Å²) in [5.74, 6) is -0.876. The van der Waals surface area contributed by atoms with Gasteiger partial charge in [-0.3, -0.25) is 4.79 Å². The zero-order valence-electron chi connectivity index (χ0n) is 12.9. The van der Waals surface area contributed by atoms with Crippen molar-refractivity contribution < 1.29 is 18.0 Å². The van der Waals surface area contributed by atoms with Crippen LogP contribution < -0.4 is 16.4 Å². The Bertz CT molecular complexity index is 732. The van der Waals surface area contributed by atoms with Crippen LogP contribution in [0.3, 0.4) is 0 Å². The third-order valence-corrected chi connectivity index (χ3v) is 3.34. The summed E-state index contributed by atoms with van der Waals surface area (Å²) in [6.07, 6.45) is -3.34. The van der Waals surface area contributed by atoms with E-state index in [1.165, 1.54) is 12.3 Å². The summed E-state index contributed by atoms with van der Waals surface area (Å²) in [4.78, 5) is 15.6. The second-order valence-corrected chi connectivity index (χ2v) is 5.09. The number of nitrogen functional groups attached to an aromatic ring is 1. The Morgan fingerprint density at radius 1 is 1.21 bits per heavy atom. The van der Waals surface area contributed by atoms with Gasteiger partial charge < -0.3 is 16.4 Å². The first-order valence-corrected chi connectivity index (χ1v) is 7.19. The molecule has 0 aliphatic rings. The SMILES string of the molecule is CNCCNC(=O)c1cccc(-c2cnc(N)c(C(F)(F)F)c2)c1. The fourth-order valence-electron chi connectivity index (χ4n) is 2.10. The minimum absolute atomic E-state index is 0.237. The third-order valence-electron chi connectivity index (χ3n) is 3.34. The van der Waals surface area contributed by atoms with E-state index in [2.05, 4.69) is 15.6 Å². The van der Waals surface area contributed by atoms with Crippen molar-refractivity contribution in [3.63, 3.8) is 0 Å². The van der Waals surface area contributed by atoms with Gasteiger partial charge in [-0.2, -0.15) is 13.2 Å². The molecule has 0 radical (unpaired) electrons. The summed E-state index contributed by atoms with van der Waals surface area (Å²) in [5.41, 5.74) is 5.35. The van der Waals surface area contributed by atoms with Crippen LogP contribution in [-0.4, -0.2) is 31.0 Å². The Kier molecular flexibility index (Phi) is 5.40. The third kappa shape index (κ3) is 4.23. The molecule has 2 rings (SSSR count). The van der Waals surface area contributed by atoms with E-state index in [1.807, 2.05) is 0 Å². The van der Waals surface area contributed by atoms with Gasteiger partial charge in [0, 0.05) is 30.4 Å². The molecule has 5 nitrogen and oxygen atoms in total. The number of nitrogens with two attached hydrogens (primary N) is 1. The topological polar surface area (TPSA) is 80.0 Å². The molecule has 2 aromatic rings. The Morgan fingerprint density at radius 2 is 1.96 bits per heavy atom. The first-order valence-electron chi connectivity index (χ1n) is 7.19. The van der Waals surface area contributed by atoms with Crippen LogP contribution in [0.2, 0.25) is 0 Å². The smallest absolute Gasteiger partial charge is 0.383 e. The van der Waals surface area contributed by atoms with Gasteiger partial charge in [0.2, 0.25) is 0 Å². The van der Waals surface area contributed by atoms with Crippen molar-refractivity contribution in [1.82, 2.24) is 15.6 Å². The van der Waals surface area contributed by atoms with Crippen LogP contribution in [0.25, 0.3) is 11.1 Å². The maximum atomic E-state index is 12.9. The van der Waals surface area contributed by atoms with Gasteiger partial charge in [0.1, 0.15) is 5.82 Å². The van der Waals surface area contributed by atoms with Crippen LogP contribution >= 0.6 is 0 Å². The van der Waals surface area contributed by atoms with E-state index >= 15 is 0 Å². The summed E-state index contributed by atoms with van der Waals surface area (Å²) in [5, 5.41) is 5.60. The second kappa shape index (κ2) is 7.31. The number of likely N-dealkylation sites (N-methyl/N-ethyl adjacent to an activating group) is 1. The number of benzene rings is 1. The highest BCUT2D eigenvalue weighted by Crippen LogP contribution is 2.35. The molecular formula is C16H17F3N4O. The molecule has 1 amide bonds. The molecule has 4 N–H and O–H groups in total. The average Bonchev–Trinajstić information content (AvgIpc) is 2.54. The predicted octanol–water partition coefficient (Wildman–Crippen LogP) is 2.30.